The topological polar surface area (TPSA) is 42.2 Å². The van der Waals surface area contributed by atoms with Crippen LogP contribution in [-0.2, 0) is 6.54 Å². The minimum Gasteiger partial charge on any atom is -0.329 e. The lowest BCUT2D eigenvalue weighted by Crippen LogP contribution is -2.53. The van der Waals surface area contributed by atoms with Gasteiger partial charge in [-0.05, 0) is 38.4 Å². The first-order chi connectivity index (χ1) is 9.70. The molecule has 0 atom stereocenters. The van der Waals surface area contributed by atoms with Crippen molar-refractivity contribution >= 4 is 0 Å². The lowest BCUT2D eigenvalue weighted by Gasteiger charge is -2.42. The maximum absolute atomic E-state index is 6.21. The van der Waals surface area contributed by atoms with E-state index in [1.165, 1.54) is 44.2 Å². The zero-order valence-corrected chi connectivity index (χ0v) is 13.1. The predicted octanol–water partition coefficient (Wildman–Crippen LogP) is 3.26. The average molecular weight is 275 g/mol. The highest BCUT2D eigenvalue weighted by Crippen LogP contribution is 2.32. The van der Waals surface area contributed by atoms with Crippen LogP contribution >= 0.6 is 0 Å². The molecule has 1 fully saturated rings. The first-order valence-corrected chi connectivity index (χ1v) is 8.08. The van der Waals surface area contributed by atoms with Gasteiger partial charge in [0.2, 0.25) is 0 Å². The van der Waals surface area contributed by atoms with E-state index < -0.39 is 0 Å². The SMILES string of the molecule is CCN(Cc1cccc(C)n1)C1(CN)CCCCCC1. The summed E-state index contributed by atoms with van der Waals surface area (Å²) in [5, 5.41) is 0. The molecule has 112 valence electrons. The van der Waals surface area contributed by atoms with E-state index in [0.29, 0.717) is 0 Å². The maximum Gasteiger partial charge on any atom is 0.0547 e. The Hall–Kier alpha value is -0.930. The van der Waals surface area contributed by atoms with E-state index in [9.17, 15) is 0 Å². The Morgan fingerprint density at radius 1 is 1.20 bits per heavy atom. The number of nitrogens with zero attached hydrogens (tertiary/aromatic N) is 2. The summed E-state index contributed by atoms with van der Waals surface area (Å²) < 4.78 is 0. The number of pyridine rings is 1. The number of nitrogens with two attached hydrogens (primary N) is 1. The first kappa shape index (κ1) is 15.5. The highest BCUT2D eigenvalue weighted by atomic mass is 15.2. The summed E-state index contributed by atoms with van der Waals surface area (Å²) in [7, 11) is 0. The van der Waals surface area contributed by atoms with Gasteiger partial charge in [-0.3, -0.25) is 9.88 Å². The molecule has 1 heterocycles. The van der Waals surface area contributed by atoms with Gasteiger partial charge in [-0.15, -0.1) is 0 Å². The number of hydrogen-bond acceptors (Lipinski definition) is 3. The summed E-state index contributed by atoms with van der Waals surface area (Å²) in [5.74, 6) is 0. The Balaban J connectivity index is 2.16. The third kappa shape index (κ3) is 3.58. The van der Waals surface area contributed by atoms with Gasteiger partial charge < -0.3 is 5.73 Å². The molecule has 0 aromatic carbocycles. The van der Waals surface area contributed by atoms with E-state index in [4.69, 9.17) is 5.73 Å². The standard InChI is InChI=1S/C17H29N3/c1-3-20(13-16-10-8-9-15(2)19-16)17(14-18)11-6-4-5-7-12-17/h8-10H,3-7,11-14,18H2,1-2H3. The summed E-state index contributed by atoms with van der Waals surface area (Å²) in [6.45, 7) is 7.05. The third-order valence-corrected chi connectivity index (χ3v) is 4.77. The number of likely N-dealkylation sites (N-methyl/N-ethyl adjacent to an activating group) is 1. The Morgan fingerprint density at radius 3 is 2.45 bits per heavy atom. The van der Waals surface area contributed by atoms with Gasteiger partial charge in [0.05, 0.1) is 5.69 Å². The van der Waals surface area contributed by atoms with Crippen molar-refractivity contribution in [2.45, 2.75) is 64.5 Å². The van der Waals surface area contributed by atoms with Crippen LogP contribution in [0.3, 0.4) is 0 Å². The predicted molar refractivity (Wildman–Crippen MR) is 84.5 cm³/mol. The molecule has 0 bridgehead atoms. The van der Waals surface area contributed by atoms with Crippen molar-refractivity contribution in [3.63, 3.8) is 0 Å². The molecule has 0 spiro atoms. The summed E-state index contributed by atoms with van der Waals surface area (Å²) >= 11 is 0. The Morgan fingerprint density at radius 2 is 1.90 bits per heavy atom. The van der Waals surface area contributed by atoms with E-state index in [1.807, 2.05) is 0 Å². The average Bonchev–Trinajstić information content (AvgIpc) is 2.71. The fourth-order valence-corrected chi connectivity index (χ4v) is 3.53. The minimum absolute atomic E-state index is 0.191. The summed E-state index contributed by atoms with van der Waals surface area (Å²) in [6.07, 6.45) is 7.83. The van der Waals surface area contributed by atoms with Crippen LogP contribution in [0.4, 0.5) is 0 Å². The number of aromatic nitrogens is 1. The molecule has 0 unspecified atom stereocenters. The van der Waals surface area contributed by atoms with Crippen molar-refractivity contribution < 1.29 is 0 Å². The second-order valence-corrected chi connectivity index (χ2v) is 6.13. The van der Waals surface area contributed by atoms with Gasteiger partial charge in [0, 0.05) is 24.3 Å². The van der Waals surface area contributed by atoms with Crippen LogP contribution < -0.4 is 5.73 Å². The highest BCUT2D eigenvalue weighted by Gasteiger charge is 2.35. The normalized spacial score (nSPS) is 19.0. The van der Waals surface area contributed by atoms with Gasteiger partial charge in [0.15, 0.2) is 0 Å². The van der Waals surface area contributed by atoms with E-state index in [1.54, 1.807) is 0 Å². The van der Waals surface area contributed by atoms with E-state index in [-0.39, 0.29) is 5.54 Å². The highest BCUT2D eigenvalue weighted by molar-refractivity contribution is 5.10. The molecule has 20 heavy (non-hydrogen) atoms. The Labute approximate surface area is 123 Å². The molecule has 0 aliphatic heterocycles. The van der Waals surface area contributed by atoms with Crippen molar-refractivity contribution in [2.75, 3.05) is 13.1 Å². The van der Waals surface area contributed by atoms with Gasteiger partial charge in [-0.25, -0.2) is 0 Å². The fraction of sp³-hybridized carbons (Fsp3) is 0.706. The van der Waals surface area contributed by atoms with Gasteiger partial charge in [0.25, 0.3) is 0 Å². The molecule has 3 nitrogen and oxygen atoms in total. The quantitative estimate of drug-likeness (QED) is 0.839. The van der Waals surface area contributed by atoms with Crippen LogP contribution in [0.25, 0.3) is 0 Å². The first-order valence-electron chi connectivity index (χ1n) is 8.08. The zero-order chi connectivity index (χ0) is 14.4. The Bertz CT molecular complexity index is 408. The van der Waals surface area contributed by atoms with Crippen molar-refractivity contribution in [1.82, 2.24) is 9.88 Å². The fourth-order valence-electron chi connectivity index (χ4n) is 3.53. The van der Waals surface area contributed by atoms with Crippen LogP contribution in [0.5, 0.6) is 0 Å². The van der Waals surface area contributed by atoms with Gasteiger partial charge in [-0.2, -0.15) is 0 Å². The van der Waals surface area contributed by atoms with Gasteiger partial charge in [-0.1, -0.05) is 38.7 Å². The van der Waals surface area contributed by atoms with E-state index in [2.05, 4.69) is 41.9 Å². The van der Waals surface area contributed by atoms with Crippen LogP contribution in [0.15, 0.2) is 18.2 Å². The molecule has 0 saturated heterocycles. The lowest BCUT2D eigenvalue weighted by molar-refractivity contribution is 0.0743. The second-order valence-electron chi connectivity index (χ2n) is 6.13. The number of rotatable bonds is 5. The molecule has 1 saturated carbocycles. The number of aryl methyl sites for hydroxylation is 1. The Kier molecular flexibility index (Phi) is 5.55. The smallest absolute Gasteiger partial charge is 0.0547 e. The maximum atomic E-state index is 6.21. The second kappa shape index (κ2) is 7.19. The van der Waals surface area contributed by atoms with Crippen LogP contribution in [0.2, 0.25) is 0 Å². The molecule has 1 aliphatic rings. The molecule has 1 aromatic rings. The van der Waals surface area contributed by atoms with Crippen molar-refractivity contribution in [3.05, 3.63) is 29.6 Å². The molecule has 0 radical (unpaired) electrons. The summed E-state index contributed by atoms with van der Waals surface area (Å²) in [6, 6.07) is 6.30. The number of hydrogen-bond donors (Lipinski definition) is 1. The van der Waals surface area contributed by atoms with Gasteiger partial charge in [0.1, 0.15) is 0 Å². The molecule has 2 N–H and O–H groups in total. The van der Waals surface area contributed by atoms with E-state index in [0.717, 1.165) is 25.3 Å². The largest absolute Gasteiger partial charge is 0.329 e. The molecule has 1 aliphatic carbocycles. The molecule has 0 amide bonds. The van der Waals surface area contributed by atoms with Crippen molar-refractivity contribution in [3.8, 4) is 0 Å². The molecule has 3 heteroatoms. The zero-order valence-electron chi connectivity index (χ0n) is 13.1. The molecule has 2 rings (SSSR count). The monoisotopic (exact) mass is 275 g/mol. The van der Waals surface area contributed by atoms with Crippen LogP contribution in [-0.4, -0.2) is 28.5 Å². The third-order valence-electron chi connectivity index (χ3n) is 4.77. The lowest BCUT2D eigenvalue weighted by atomic mass is 9.88. The van der Waals surface area contributed by atoms with E-state index >= 15 is 0 Å². The summed E-state index contributed by atoms with van der Waals surface area (Å²) in [4.78, 5) is 7.23. The molecular weight excluding hydrogens is 246 g/mol. The van der Waals surface area contributed by atoms with Crippen LogP contribution in [0, 0.1) is 6.92 Å². The minimum atomic E-state index is 0.191. The van der Waals surface area contributed by atoms with Crippen LogP contribution in [0.1, 0.15) is 56.8 Å². The van der Waals surface area contributed by atoms with Crippen molar-refractivity contribution in [1.29, 1.82) is 0 Å². The van der Waals surface area contributed by atoms with Crippen molar-refractivity contribution in [2.24, 2.45) is 5.73 Å². The van der Waals surface area contributed by atoms with Gasteiger partial charge >= 0.3 is 0 Å². The summed E-state index contributed by atoms with van der Waals surface area (Å²) in [5.41, 5.74) is 8.67. The molecule has 1 aromatic heterocycles. The molecular formula is C17H29N3.